The number of ketones is 1. The van der Waals surface area contributed by atoms with E-state index in [1.165, 1.54) is 0 Å². The molecule has 1 heterocycles. The molecule has 2 spiro atoms. The van der Waals surface area contributed by atoms with Crippen molar-refractivity contribution in [2.45, 2.75) is 82.2 Å². The van der Waals surface area contributed by atoms with E-state index in [2.05, 4.69) is 5.32 Å². The second-order valence-electron chi connectivity index (χ2n) is 7.82. The van der Waals surface area contributed by atoms with Crippen molar-refractivity contribution in [2.24, 2.45) is 5.41 Å². The monoisotopic (exact) mass is 304 g/mol. The number of carbonyl (C=O) groups excluding carboxylic acids is 3. The fourth-order valence-corrected chi connectivity index (χ4v) is 5.29. The van der Waals surface area contributed by atoms with Crippen molar-refractivity contribution in [1.82, 2.24) is 10.2 Å². The number of nitrogens with one attached hydrogen (secondary N) is 1. The van der Waals surface area contributed by atoms with Crippen molar-refractivity contribution in [3.63, 3.8) is 0 Å². The number of urea groups is 1. The average Bonchev–Trinajstić information content (AvgIpc) is 2.70. The van der Waals surface area contributed by atoms with E-state index < -0.39 is 5.54 Å². The number of carbonyl (C=O) groups is 3. The Labute approximate surface area is 130 Å². The predicted octanol–water partition coefficient (Wildman–Crippen LogP) is 2.53. The van der Waals surface area contributed by atoms with E-state index in [9.17, 15) is 14.4 Å². The van der Waals surface area contributed by atoms with Gasteiger partial charge in [-0.05, 0) is 43.9 Å². The highest BCUT2D eigenvalue weighted by molar-refractivity contribution is 6.07. The molecule has 3 aliphatic carbocycles. The minimum atomic E-state index is -0.563. The Balaban J connectivity index is 1.51. The number of amides is 3. The molecule has 120 valence electrons. The van der Waals surface area contributed by atoms with Crippen molar-refractivity contribution < 1.29 is 14.4 Å². The van der Waals surface area contributed by atoms with E-state index in [1.54, 1.807) is 0 Å². The van der Waals surface area contributed by atoms with Gasteiger partial charge in [0, 0.05) is 18.9 Å². The summed E-state index contributed by atoms with van der Waals surface area (Å²) >= 11 is 0. The van der Waals surface area contributed by atoms with Crippen molar-refractivity contribution in [3.8, 4) is 0 Å². The maximum atomic E-state index is 12.4. The molecule has 5 nitrogen and oxygen atoms in total. The molecule has 5 heteroatoms. The number of hydrogen-bond donors (Lipinski definition) is 1. The number of nitrogens with zero attached hydrogens (tertiary/aromatic N) is 1. The molecule has 4 fully saturated rings. The molecule has 0 aromatic rings. The largest absolute Gasteiger partial charge is 0.325 e. The fourth-order valence-electron chi connectivity index (χ4n) is 5.29. The number of Topliss-reactive ketones (excluding diaryl/α,β-unsaturated/α-hetero) is 1. The Morgan fingerprint density at radius 2 is 1.55 bits per heavy atom. The van der Waals surface area contributed by atoms with Crippen LogP contribution in [-0.4, -0.2) is 34.2 Å². The van der Waals surface area contributed by atoms with Gasteiger partial charge < -0.3 is 4.90 Å². The van der Waals surface area contributed by atoms with Gasteiger partial charge in [0.15, 0.2) is 0 Å². The predicted molar refractivity (Wildman–Crippen MR) is 80.1 cm³/mol. The summed E-state index contributed by atoms with van der Waals surface area (Å²) in [5.74, 6) is 0.309. The zero-order valence-corrected chi connectivity index (χ0v) is 13.0. The van der Waals surface area contributed by atoms with Crippen molar-refractivity contribution in [2.75, 3.05) is 0 Å². The lowest BCUT2D eigenvalue weighted by molar-refractivity contribution is -0.133. The van der Waals surface area contributed by atoms with Crippen LogP contribution in [-0.2, 0) is 9.59 Å². The van der Waals surface area contributed by atoms with Crippen LogP contribution in [0.3, 0.4) is 0 Å². The lowest BCUT2D eigenvalue weighted by Gasteiger charge is -2.55. The lowest BCUT2D eigenvalue weighted by atomic mass is 9.57. The maximum absolute atomic E-state index is 12.4. The average molecular weight is 304 g/mol. The Morgan fingerprint density at radius 1 is 0.909 bits per heavy atom. The van der Waals surface area contributed by atoms with E-state index in [0.29, 0.717) is 18.6 Å². The molecule has 1 saturated heterocycles. The molecular formula is C17H24N2O3. The van der Waals surface area contributed by atoms with E-state index in [-0.39, 0.29) is 23.4 Å². The fraction of sp³-hybridized carbons (Fsp3) is 0.824. The molecule has 22 heavy (non-hydrogen) atoms. The van der Waals surface area contributed by atoms with Crippen molar-refractivity contribution >= 4 is 17.7 Å². The maximum Gasteiger partial charge on any atom is 0.325 e. The molecule has 0 aromatic carbocycles. The molecule has 1 N–H and O–H groups in total. The molecule has 4 rings (SSSR count). The van der Waals surface area contributed by atoms with Gasteiger partial charge >= 0.3 is 6.03 Å². The molecule has 0 atom stereocenters. The summed E-state index contributed by atoms with van der Waals surface area (Å²) in [5.41, 5.74) is -0.299. The van der Waals surface area contributed by atoms with Gasteiger partial charge in [-0.25, -0.2) is 4.79 Å². The Kier molecular flexibility index (Phi) is 3.10. The first-order chi connectivity index (χ1) is 10.5. The van der Waals surface area contributed by atoms with E-state index >= 15 is 0 Å². The molecule has 4 aliphatic rings. The van der Waals surface area contributed by atoms with Gasteiger partial charge in [0.1, 0.15) is 11.3 Å². The summed E-state index contributed by atoms with van der Waals surface area (Å²) < 4.78 is 0. The quantitative estimate of drug-likeness (QED) is 0.757. The molecule has 3 amide bonds. The number of imide groups is 1. The van der Waals surface area contributed by atoms with Crippen LogP contribution in [0, 0.1) is 5.41 Å². The standard InChI is InChI=1S/C17H24N2O3/c20-13-4-8-16(9-5-13)10-12(11-16)19-15(22)18-14(21)17(19)6-2-1-3-7-17/h12H,1-11H2,(H,18,21,22). The third kappa shape index (κ3) is 1.94. The van der Waals surface area contributed by atoms with Crippen LogP contribution in [0.2, 0.25) is 0 Å². The second-order valence-corrected chi connectivity index (χ2v) is 7.82. The van der Waals surface area contributed by atoms with Crippen LogP contribution in [0.25, 0.3) is 0 Å². The number of rotatable bonds is 1. The van der Waals surface area contributed by atoms with Crippen LogP contribution in [0.4, 0.5) is 4.79 Å². The minimum Gasteiger partial charge on any atom is -0.307 e. The van der Waals surface area contributed by atoms with Gasteiger partial charge in [-0.3, -0.25) is 14.9 Å². The van der Waals surface area contributed by atoms with Crippen molar-refractivity contribution in [1.29, 1.82) is 0 Å². The lowest BCUT2D eigenvalue weighted by Crippen LogP contribution is -2.61. The van der Waals surface area contributed by atoms with Gasteiger partial charge in [-0.2, -0.15) is 0 Å². The van der Waals surface area contributed by atoms with E-state index in [0.717, 1.165) is 57.8 Å². The van der Waals surface area contributed by atoms with Crippen LogP contribution >= 0.6 is 0 Å². The zero-order chi connectivity index (χ0) is 15.4. The normalized spacial score (nSPS) is 30.7. The molecule has 0 radical (unpaired) electrons. The summed E-state index contributed by atoms with van der Waals surface area (Å²) in [4.78, 5) is 38.1. The summed E-state index contributed by atoms with van der Waals surface area (Å²) in [6.07, 6.45) is 10.1. The molecule has 1 aliphatic heterocycles. The van der Waals surface area contributed by atoms with E-state index in [4.69, 9.17) is 0 Å². The van der Waals surface area contributed by atoms with Gasteiger partial charge in [-0.1, -0.05) is 19.3 Å². The van der Waals surface area contributed by atoms with Crippen LogP contribution in [0.5, 0.6) is 0 Å². The topological polar surface area (TPSA) is 66.5 Å². The van der Waals surface area contributed by atoms with Gasteiger partial charge in [0.05, 0.1) is 0 Å². The second kappa shape index (κ2) is 4.80. The van der Waals surface area contributed by atoms with Gasteiger partial charge in [-0.15, -0.1) is 0 Å². The highest BCUT2D eigenvalue weighted by Gasteiger charge is 2.59. The minimum absolute atomic E-state index is 0.0722. The molecule has 0 aromatic heterocycles. The van der Waals surface area contributed by atoms with Crippen LogP contribution in [0.15, 0.2) is 0 Å². The summed E-state index contributed by atoms with van der Waals surface area (Å²) in [7, 11) is 0. The zero-order valence-electron chi connectivity index (χ0n) is 13.0. The van der Waals surface area contributed by atoms with Crippen LogP contribution < -0.4 is 5.32 Å². The Bertz CT molecular complexity index is 518. The van der Waals surface area contributed by atoms with Gasteiger partial charge in [0.25, 0.3) is 5.91 Å². The first-order valence-electron chi connectivity index (χ1n) is 8.71. The number of hydrogen-bond acceptors (Lipinski definition) is 3. The van der Waals surface area contributed by atoms with Crippen LogP contribution in [0.1, 0.15) is 70.6 Å². The molecule has 3 saturated carbocycles. The Hall–Kier alpha value is -1.39. The third-order valence-corrected chi connectivity index (χ3v) is 6.57. The molecular weight excluding hydrogens is 280 g/mol. The Morgan fingerprint density at radius 3 is 2.18 bits per heavy atom. The van der Waals surface area contributed by atoms with Crippen molar-refractivity contribution in [3.05, 3.63) is 0 Å². The summed E-state index contributed by atoms with van der Waals surface area (Å²) in [6, 6.07) is 0.0105. The highest BCUT2D eigenvalue weighted by Crippen LogP contribution is 2.55. The smallest absolute Gasteiger partial charge is 0.307 e. The highest BCUT2D eigenvalue weighted by atomic mass is 16.2. The van der Waals surface area contributed by atoms with Gasteiger partial charge in [0.2, 0.25) is 0 Å². The first-order valence-corrected chi connectivity index (χ1v) is 8.71. The molecule has 0 unspecified atom stereocenters. The summed E-state index contributed by atoms with van der Waals surface area (Å²) in [5, 5.41) is 2.57. The SMILES string of the molecule is O=C1CCC2(CC1)CC(N1C(=O)NC(=O)C13CCCCC3)C2. The third-order valence-electron chi connectivity index (χ3n) is 6.57. The van der Waals surface area contributed by atoms with E-state index in [1.807, 2.05) is 4.90 Å². The first kappa shape index (κ1) is 14.2. The molecule has 0 bridgehead atoms. The summed E-state index contributed by atoms with van der Waals surface area (Å²) in [6.45, 7) is 0.